The predicted molar refractivity (Wildman–Crippen MR) is 91.7 cm³/mol. The van der Waals surface area contributed by atoms with Gasteiger partial charge in [0.05, 0.1) is 13.0 Å². The second-order valence-corrected chi connectivity index (χ2v) is 7.47. The van der Waals surface area contributed by atoms with Crippen molar-refractivity contribution in [1.29, 1.82) is 0 Å². The maximum Gasteiger partial charge on any atom is 0.329 e. The van der Waals surface area contributed by atoms with E-state index in [0.717, 1.165) is 19.3 Å². The molecule has 8 nitrogen and oxygen atoms in total. The van der Waals surface area contributed by atoms with Crippen LogP contribution in [-0.2, 0) is 29.2 Å². The monoisotopic (exact) mass is 382 g/mol. The summed E-state index contributed by atoms with van der Waals surface area (Å²) >= 11 is 0. The molecule has 0 saturated carbocycles. The van der Waals surface area contributed by atoms with Crippen LogP contribution in [0.4, 0.5) is 0 Å². The van der Waals surface area contributed by atoms with E-state index in [4.69, 9.17) is 19.1 Å². The van der Waals surface area contributed by atoms with Gasteiger partial charge < -0.3 is 14.6 Å². The highest BCUT2D eigenvalue weighted by atomic mass is 32.2. The lowest BCUT2D eigenvalue weighted by molar-refractivity contribution is -0.180. The third-order valence-corrected chi connectivity index (χ3v) is 4.69. The average Bonchev–Trinajstić information content (AvgIpc) is 2.52. The Morgan fingerprint density at radius 3 is 2.04 bits per heavy atom. The molecule has 0 aromatic rings. The molecule has 0 saturated heterocycles. The van der Waals surface area contributed by atoms with Gasteiger partial charge in [0.15, 0.2) is 5.25 Å². The van der Waals surface area contributed by atoms with Crippen LogP contribution < -0.4 is 0 Å². The van der Waals surface area contributed by atoms with Crippen LogP contribution in [0, 0.1) is 0 Å². The molecule has 0 aromatic heterocycles. The Kier molecular flexibility index (Phi) is 12.5. The molecule has 0 rings (SSSR count). The quantitative estimate of drug-likeness (QED) is 0.191. The van der Waals surface area contributed by atoms with Crippen LogP contribution >= 0.6 is 0 Å². The Labute approximate surface area is 149 Å². The van der Waals surface area contributed by atoms with Gasteiger partial charge in [0, 0.05) is 6.42 Å². The van der Waals surface area contributed by atoms with Crippen molar-refractivity contribution < 1.29 is 37.1 Å². The van der Waals surface area contributed by atoms with Crippen LogP contribution in [0.1, 0.15) is 71.6 Å². The van der Waals surface area contributed by atoms with Crippen molar-refractivity contribution in [1.82, 2.24) is 0 Å². The Morgan fingerprint density at radius 2 is 1.56 bits per heavy atom. The SMILES string of the molecule is CCCCCCCCCOC(CC)OC(=O)C(CC(=O)O)S(=O)(=O)O. The van der Waals surface area contributed by atoms with Crippen molar-refractivity contribution in [2.45, 2.75) is 83.2 Å². The number of aliphatic carboxylic acids is 1. The molecule has 0 radical (unpaired) electrons. The lowest BCUT2D eigenvalue weighted by Gasteiger charge is -2.19. The summed E-state index contributed by atoms with van der Waals surface area (Å²) in [6, 6.07) is 0. The highest BCUT2D eigenvalue weighted by molar-refractivity contribution is 7.87. The molecule has 2 unspecified atom stereocenters. The van der Waals surface area contributed by atoms with Crippen molar-refractivity contribution in [2.75, 3.05) is 6.61 Å². The summed E-state index contributed by atoms with van der Waals surface area (Å²) < 4.78 is 41.5. The van der Waals surface area contributed by atoms with Crippen LogP contribution in [0.15, 0.2) is 0 Å². The molecule has 0 aliphatic carbocycles. The molecule has 25 heavy (non-hydrogen) atoms. The normalized spacial score (nSPS) is 14.0. The number of unbranched alkanes of at least 4 members (excludes halogenated alkanes) is 6. The number of carbonyl (C=O) groups is 2. The molecule has 0 bridgehead atoms. The van der Waals surface area contributed by atoms with Crippen molar-refractivity contribution in [3.63, 3.8) is 0 Å². The van der Waals surface area contributed by atoms with Gasteiger partial charge in [-0.15, -0.1) is 0 Å². The number of hydrogen-bond donors (Lipinski definition) is 2. The molecule has 0 heterocycles. The minimum Gasteiger partial charge on any atom is -0.481 e. The van der Waals surface area contributed by atoms with Gasteiger partial charge >= 0.3 is 11.9 Å². The summed E-state index contributed by atoms with van der Waals surface area (Å²) in [5, 5.41) is 6.50. The van der Waals surface area contributed by atoms with Gasteiger partial charge in [-0.2, -0.15) is 8.42 Å². The summed E-state index contributed by atoms with van der Waals surface area (Å²) in [7, 11) is -4.86. The van der Waals surface area contributed by atoms with E-state index in [9.17, 15) is 18.0 Å². The second-order valence-electron chi connectivity index (χ2n) is 5.87. The van der Waals surface area contributed by atoms with Crippen LogP contribution in [0.3, 0.4) is 0 Å². The molecule has 0 aliphatic rings. The molecule has 0 aromatic carbocycles. The number of carbonyl (C=O) groups excluding carboxylic acids is 1. The number of esters is 1. The Morgan fingerprint density at radius 1 is 1.00 bits per heavy atom. The minimum absolute atomic E-state index is 0.285. The standard InChI is InChI=1S/C16H30O8S/c1-3-5-6-7-8-9-10-11-23-15(4-2)24-16(19)13(12-14(17)18)25(20,21)22/h13,15H,3-12H2,1-2H3,(H,17,18)(H,20,21,22). The lowest BCUT2D eigenvalue weighted by Crippen LogP contribution is -2.36. The highest BCUT2D eigenvalue weighted by Gasteiger charge is 2.36. The molecule has 0 amide bonds. The van der Waals surface area contributed by atoms with Crippen LogP contribution in [0.2, 0.25) is 0 Å². The number of ether oxygens (including phenoxy) is 2. The Bertz CT molecular complexity index is 488. The van der Waals surface area contributed by atoms with E-state index in [1.807, 2.05) is 0 Å². The van der Waals surface area contributed by atoms with Gasteiger partial charge in [0.1, 0.15) is 0 Å². The van der Waals surface area contributed by atoms with E-state index in [-0.39, 0.29) is 6.42 Å². The zero-order valence-electron chi connectivity index (χ0n) is 15.0. The summed E-state index contributed by atoms with van der Waals surface area (Å²) in [4.78, 5) is 22.5. The number of hydrogen-bond acceptors (Lipinski definition) is 6. The van der Waals surface area contributed by atoms with Crippen LogP contribution in [0.5, 0.6) is 0 Å². The molecule has 0 spiro atoms. The van der Waals surface area contributed by atoms with E-state index in [2.05, 4.69) is 6.92 Å². The molecule has 2 atom stereocenters. The van der Waals surface area contributed by atoms with Crippen LogP contribution in [0.25, 0.3) is 0 Å². The minimum atomic E-state index is -4.86. The number of carboxylic acid groups (broad SMARTS) is 1. The molecular weight excluding hydrogens is 352 g/mol. The molecule has 9 heteroatoms. The maximum absolute atomic E-state index is 11.8. The zero-order valence-corrected chi connectivity index (χ0v) is 15.8. The number of rotatable bonds is 15. The van der Waals surface area contributed by atoms with Crippen LogP contribution in [-0.4, -0.2) is 48.2 Å². The van der Waals surface area contributed by atoms with Gasteiger partial charge in [0.2, 0.25) is 6.29 Å². The fourth-order valence-electron chi connectivity index (χ4n) is 2.18. The summed E-state index contributed by atoms with van der Waals surface area (Å²) in [5.41, 5.74) is 0. The maximum atomic E-state index is 11.8. The van der Waals surface area contributed by atoms with Gasteiger partial charge in [0.25, 0.3) is 10.1 Å². The topological polar surface area (TPSA) is 127 Å². The first-order valence-corrected chi connectivity index (χ1v) is 10.2. The van der Waals surface area contributed by atoms with E-state index >= 15 is 0 Å². The van der Waals surface area contributed by atoms with Crippen molar-refractivity contribution in [3.8, 4) is 0 Å². The third-order valence-electron chi connectivity index (χ3n) is 3.62. The molecule has 148 valence electrons. The molecule has 0 fully saturated rings. The van der Waals surface area contributed by atoms with Crippen molar-refractivity contribution in [3.05, 3.63) is 0 Å². The van der Waals surface area contributed by atoms with Gasteiger partial charge in [-0.1, -0.05) is 52.4 Å². The van der Waals surface area contributed by atoms with Crippen molar-refractivity contribution in [2.24, 2.45) is 0 Å². The van der Waals surface area contributed by atoms with Gasteiger partial charge in [-0.3, -0.25) is 14.1 Å². The summed E-state index contributed by atoms with van der Waals surface area (Å²) in [5.74, 6) is -2.85. The fraction of sp³-hybridized carbons (Fsp3) is 0.875. The largest absolute Gasteiger partial charge is 0.481 e. The van der Waals surface area contributed by atoms with E-state index < -0.39 is 40.0 Å². The smallest absolute Gasteiger partial charge is 0.329 e. The first kappa shape index (κ1) is 23.8. The summed E-state index contributed by atoms with van der Waals surface area (Å²) in [6.07, 6.45) is 5.94. The fourth-order valence-corrected chi connectivity index (χ4v) is 2.84. The first-order valence-electron chi connectivity index (χ1n) is 8.72. The van der Waals surface area contributed by atoms with Gasteiger partial charge in [-0.05, 0) is 6.42 Å². The molecule has 0 aliphatic heterocycles. The third kappa shape index (κ3) is 11.9. The molecular formula is C16H30O8S. The lowest BCUT2D eigenvalue weighted by atomic mass is 10.1. The van der Waals surface area contributed by atoms with Crippen molar-refractivity contribution >= 4 is 22.1 Å². The Hall–Kier alpha value is -1.19. The van der Waals surface area contributed by atoms with E-state index in [1.165, 1.54) is 25.7 Å². The number of carboxylic acids is 1. The summed E-state index contributed by atoms with van der Waals surface area (Å²) in [6.45, 7) is 4.19. The predicted octanol–water partition coefficient (Wildman–Crippen LogP) is 2.76. The Balaban J connectivity index is 4.24. The zero-order chi connectivity index (χ0) is 19.3. The van der Waals surface area contributed by atoms with E-state index in [0.29, 0.717) is 6.61 Å². The highest BCUT2D eigenvalue weighted by Crippen LogP contribution is 2.12. The molecule has 2 N–H and O–H groups in total. The average molecular weight is 382 g/mol. The van der Waals surface area contributed by atoms with E-state index in [1.54, 1.807) is 6.92 Å². The first-order chi connectivity index (χ1) is 11.7. The van der Waals surface area contributed by atoms with Gasteiger partial charge in [-0.25, -0.2) is 0 Å². The second kappa shape index (κ2) is 13.1.